The summed E-state index contributed by atoms with van der Waals surface area (Å²) in [4.78, 5) is 8.56. The number of hydrogen-bond acceptors (Lipinski definition) is 20. The number of anilines is 4. The first kappa shape index (κ1) is 96.5. The van der Waals surface area contributed by atoms with Gasteiger partial charge in [0.15, 0.2) is 0 Å². The summed E-state index contributed by atoms with van der Waals surface area (Å²) < 4.78 is 170. The monoisotopic (exact) mass is 1900 g/mol. The van der Waals surface area contributed by atoms with Crippen molar-refractivity contribution in [3.8, 4) is 0 Å². The number of nitrogens with zero attached hydrogens (tertiary/aromatic N) is 8. The standard InChI is InChI=1S/4C24H27FN2O3S2/c4*1-24(2,28)19-9-11-20(12-10-19)27-14-13-26(32(29,30)23-8-5-15-31-23)17-21(27)16-18-6-3-4-7-22(18)25/h4*3-12,15,21,28H,13-14,16-17H2,1-2H3/t4*21-/m1100/s1. The Morgan fingerprint density at radius 1 is 0.266 bits per heavy atom. The van der Waals surface area contributed by atoms with Crippen molar-refractivity contribution in [3.63, 3.8) is 0 Å². The van der Waals surface area contributed by atoms with Crippen LogP contribution < -0.4 is 19.6 Å². The lowest BCUT2D eigenvalue weighted by molar-refractivity contribution is 0.0780. The molecule has 8 heterocycles. The van der Waals surface area contributed by atoms with E-state index in [1.54, 1.807) is 198 Å². The number of rotatable bonds is 24. The van der Waals surface area contributed by atoms with Gasteiger partial charge < -0.3 is 40.0 Å². The fourth-order valence-electron chi connectivity index (χ4n) is 16.3. The third-order valence-corrected chi connectivity index (χ3v) is 36.4. The van der Waals surface area contributed by atoms with Crippen LogP contribution in [0.3, 0.4) is 0 Å². The van der Waals surface area contributed by atoms with Crippen molar-refractivity contribution in [1.29, 1.82) is 0 Å². The highest BCUT2D eigenvalue weighted by Crippen LogP contribution is 2.38. The van der Waals surface area contributed by atoms with E-state index in [0.717, 1.165) is 45.0 Å². The van der Waals surface area contributed by atoms with E-state index in [-0.39, 0.29) is 73.6 Å². The number of hydrogen-bond donors (Lipinski definition) is 4. The zero-order chi connectivity index (χ0) is 91.7. The van der Waals surface area contributed by atoms with Crippen LogP contribution >= 0.6 is 45.3 Å². The SMILES string of the molecule is CC(C)(O)c1ccc(N2CCN(S(=O)(=O)c3cccs3)C[C@@H]2Cc2ccccc2F)cc1.CC(C)(O)c1ccc(N2CCN(S(=O)(=O)c3cccs3)C[C@@H]2Cc2ccccc2F)cc1.CC(C)(O)c1ccc(N2CCN(S(=O)(=O)c3cccs3)C[C@H]2Cc2ccccc2F)cc1.CC(C)(O)c1ccc(N2CCN(S(=O)(=O)c3cccs3)C[C@H]2Cc2ccccc2F)cc1. The van der Waals surface area contributed by atoms with Gasteiger partial charge in [-0.15, -0.1) is 45.3 Å². The molecule has 0 saturated carbocycles. The van der Waals surface area contributed by atoms with Gasteiger partial charge in [-0.1, -0.05) is 146 Å². The van der Waals surface area contributed by atoms with E-state index in [0.29, 0.717) is 117 Å². The highest BCUT2D eigenvalue weighted by atomic mass is 32.3. The van der Waals surface area contributed by atoms with E-state index in [1.807, 2.05) is 97.1 Å². The van der Waals surface area contributed by atoms with Crippen molar-refractivity contribution >= 4 is 108 Å². The van der Waals surface area contributed by atoms with E-state index in [9.17, 15) is 71.7 Å². The fraction of sp³-hybridized carbons (Fsp3) is 0.333. The van der Waals surface area contributed by atoms with E-state index < -0.39 is 62.5 Å². The topological polar surface area (TPSA) is 243 Å². The van der Waals surface area contributed by atoms with Crippen molar-refractivity contribution < 1.29 is 71.7 Å². The molecule has 4 atom stereocenters. The summed E-state index contributed by atoms with van der Waals surface area (Å²) in [7, 11) is -14.3. The second-order valence-corrected chi connectivity index (χ2v) is 46.6. The zero-order valence-corrected chi connectivity index (χ0v) is 79.0. The van der Waals surface area contributed by atoms with Crippen LogP contribution in [0.25, 0.3) is 0 Å². The molecule has 4 aliphatic rings. The first-order valence-corrected chi connectivity index (χ1v) is 51.4. The van der Waals surface area contributed by atoms with Gasteiger partial charge in [0, 0.05) is 125 Å². The van der Waals surface area contributed by atoms with Crippen LogP contribution in [0, 0.1) is 23.3 Å². The Kier molecular flexibility index (Phi) is 30.7. The van der Waals surface area contributed by atoms with Crippen molar-refractivity contribution in [3.05, 3.63) is 332 Å². The molecule has 0 bridgehead atoms. The smallest absolute Gasteiger partial charge is 0.252 e. The number of sulfonamides is 4. The van der Waals surface area contributed by atoms with E-state index in [4.69, 9.17) is 0 Å². The second-order valence-electron chi connectivity index (χ2n) is 34.2. The van der Waals surface area contributed by atoms with Crippen molar-refractivity contribution in [2.24, 2.45) is 0 Å². The fourth-order valence-corrected chi connectivity index (χ4v) is 26.8. The number of thiophene rings is 4. The van der Waals surface area contributed by atoms with Crippen LogP contribution in [-0.4, -0.2) is 174 Å². The van der Waals surface area contributed by atoms with Crippen molar-refractivity contribution in [2.45, 2.75) is 144 Å². The maximum absolute atomic E-state index is 14.4. The van der Waals surface area contributed by atoms with Crippen LogP contribution in [-0.2, 0) is 88.2 Å². The minimum atomic E-state index is -3.59. The third kappa shape index (κ3) is 23.5. The quantitative estimate of drug-likeness (QED) is 0.0411. The molecule has 0 unspecified atom stereocenters. The van der Waals surface area contributed by atoms with Gasteiger partial charge in [-0.05, 0) is 244 Å². The summed E-state index contributed by atoms with van der Waals surface area (Å²) in [6.45, 7) is 18.3. The molecule has 32 heteroatoms. The zero-order valence-electron chi connectivity index (χ0n) is 72.4. The largest absolute Gasteiger partial charge is 0.386 e. The molecule has 8 aromatic carbocycles. The van der Waals surface area contributed by atoms with E-state index in [2.05, 4.69) is 19.6 Å². The Hall–Kier alpha value is -9.04. The number of halogens is 4. The number of benzene rings is 8. The minimum absolute atomic E-state index is 0.233. The summed E-state index contributed by atoms with van der Waals surface area (Å²) in [6, 6.07) is 69.5. The maximum Gasteiger partial charge on any atom is 0.252 e. The summed E-state index contributed by atoms with van der Waals surface area (Å²) in [5.41, 5.74) is 5.34. The van der Waals surface area contributed by atoms with E-state index >= 15 is 0 Å². The lowest BCUT2D eigenvalue weighted by Crippen LogP contribution is -2.55. The number of piperazine rings is 4. The van der Waals surface area contributed by atoms with Crippen LogP contribution in [0.1, 0.15) is 99.9 Å². The van der Waals surface area contributed by atoms with Crippen LogP contribution in [0.15, 0.2) is 281 Å². The van der Waals surface area contributed by atoms with Crippen LogP contribution in [0.4, 0.5) is 40.3 Å². The highest BCUT2D eigenvalue weighted by molar-refractivity contribution is 7.92. The molecule has 0 spiro atoms. The summed E-state index contributed by atoms with van der Waals surface area (Å²) in [5.74, 6) is -1.16. The van der Waals surface area contributed by atoms with Gasteiger partial charge in [-0.3, -0.25) is 0 Å². The molecule has 680 valence electrons. The minimum Gasteiger partial charge on any atom is -0.386 e. The molecule has 4 N–H and O–H groups in total. The third-order valence-electron chi connectivity index (χ3n) is 23.4. The van der Waals surface area contributed by atoms with E-state index in [1.165, 1.54) is 86.8 Å². The van der Waals surface area contributed by atoms with Gasteiger partial charge in [0.25, 0.3) is 40.1 Å². The lowest BCUT2D eigenvalue weighted by Gasteiger charge is -2.42. The lowest BCUT2D eigenvalue weighted by atomic mass is 9.97. The van der Waals surface area contributed by atoms with Crippen LogP contribution in [0.2, 0.25) is 0 Å². The molecule has 128 heavy (non-hydrogen) atoms. The molecule has 16 rings (SSSR count). The van der Waals surface area contributed by atoms with Crippen LogP contribution in [0.5, 0.6) is 0 Å². The van der Waals surface area contributed by atoms with Crippen molar-refractivity contribution in [1.82, 2.24) is 17.2 Å². The van der Waals surface area contributed by atoms with Gasteiger partial charge >= 0.3 is 0 Å². The highest BCUT2D eigenvalue weighted by Gasteiger charge is 2.41. The molecule has 12 aromatic rings. The van der Waals surface area contributed by atoms with Gasteiger partial charge in [-0.25, -0.2) is 51.2 Å². The normalized spacial score (nSPS) is 18.1. The molecular weight excluding hydrogens is 1790 g/mol. The summed E-state index contributed by atoms with van der Waals surface area (Å²) in [6.07, 6.45) is 1.54. The predicted octanol–water partition coefficient (Wildman–Crippen LogP) is 16.9. The van der Waals surface area contributed by atoms with Gasteiger partial charge in [0.05, 0.1) is 22.4 Å². The molecule has 4 aliphatic heterocycles. The van der Waals surface area contributed by atoms with Crippen molar-refractivity contribution in [2.75, 3.05) is 98.1 Å². The Balaban J connectivity index is 0.000000146. The van der Waals surface area contributed by atoms with Gasteiger partial charge in [0.1, 0.15) is 40.1 Å². The second kappa shape index (κ2) is 40.8. The molecule has 0 amide bonds. The Morgan fingerprint density at radius 2 is 0.445 bits per heavy atom. The van der Waals surface area contributed by atoms with Gasteiger partial charge in [-0.2, -0.15) is 17.2 Å². The summed E-state index contributed by atoms with van der Waals surface area (Å²) >= 11 is 4.82. The first-order chi connectivity index (χ1) is 60.6. The average molecular weight is 1900 g/mol. The molecule has 0 radical (unpaired) electrons. The Bertz CT molecular complexity index is 5380. The maximum atomic E-state index is 14.4. The first-order valence-electron chi connectivity index (χ1n) is 42.1. The predicted molar refractivity (Wildman–Crippen MR) is 504 cm³/mol. The molecule has 4 fully saturated rings. The number of aliphatic hydroxyl groups is 4. The average Bonchev–Trinajstić information content (AvgIpc) is 1.41. The molecule has 4 aromatic heterocycles. The molecule has 20 nitrogen and oxygen atoms in total. The Labute approximate surface area is 765 Å². The Morgan fingerprint density at radius 3 is 0.602 bits per heavy atom. The van der Waals surface area contributed by atoms with Gasteiger partial charge in [0.2, 0.25) is 0 Å². The molecule has 0 aliphatic carbocycles. The molecular formula is C96H108F4N8O12S8. The summed E-state index contributed by atoms with van der Waals surface area (Å²) in [5, 5.41) is 48.0. The molecule has 4 saturated heterocycles.